The summed E-state index contributed by atoms with van der Waals surface area (Å²) in [4.78, 5) is 16.5. The number of fused-ring (bicyclic) bond motifs is 1. The number of rotatable bonds is 4. The first-order chi connectivity index (χ1) is 9.13. The van der Waals surface area contributed by atoms with E-state index in [1.165, 1.54) is 0 Å². The molecule has 0 aliphatic carbocycles. The van der Waals surface area contributed by atoms with Gasteiger partial charge in [0.05, 0.1) is 18.2 Å². The van der Waals surface area contributed by atoms with Crippen LogP contribution in [-0.2, 0) is 0 Å². The molecule has 1 aromatic carbocycles. The van der Waals surface area contributed by atoms with Gasteiger partial charge in [0.1, 0.15) is 0 Å². The summed E-state index contributed by atoms with van der Waals surface area (Å²) in [5.41, 5.74) is 1.38. The molecule has 4 heteroatoms. The number of amides is 1. The zero-order chi connectivity index (χ0) is 13.8. The molecule has 0 saturated carbocycles. The van der Waals surface area contributed by atoms with Gasteiger partial charge in [0, 0.05) is 17.1 Å². The fourth-order valence-corrected chi connectivity index (χ4v) is 1.97. The Bertz CT molecular complexity index is 576. The normalized spacial score (nSPS) is 12.6. The van der Waals surface area contributed by atoms with Crippen LogP contribution in [0.3, 0.4) is 0 Å². The second-order valence-electron chi connectivity index (χ2n) is 4.88. The lowest BCUT2D eigenvalue weighted by molar-refractivity contribution is 0.0898. The van der Waals surface area contributed by atoms with Gasteiger partial charge in [-0.15, -0.1) is 0 Å². The summed E-state index contributed by atoms with van der Waals surface area (Å²) in [5, 5.41) is 13.0. The maximum Gasteiger partial charge on any atom is 0.252 e. The molecule has 4 nitrogen and oxygen atoms in total. The van der Waals surface area contributed by atoms with E-state index in [9.17, 15) is 9.90 Å². The second-order valence-corrected chi connectivity index (χ2v) is 4.88. The number of benzene rings is 1. The summed E-state index contributed by atoms with van der Waals surface area (Å²) in [6.07, 6.45) is 1.70. The Kier molecular flexibility index (Phi) is 4.12. The Morgan fingerprint density at radius 3 is 2.79 bits per heavy atom. The number of aliphatic hydroxyl groups is 1. The summed E-state index contributed by atoms with van der Waals surface area (Å²) in [5.74, 6) is 0.00778. The highest BCUT2D eigenvalue weighted by Gasteiger charge is 2.17. The number of nitrogens with zero attached hydrogens (tertiary/aromatic N) is 1. The zero-order valence-corrected chi connectivity index (χ0v) is 11.1. The van der Waals surface area contributed by atoms with Gasteiger partial charge in [0.25, 0.3) is 5.91 Å². The average molecular weight is 258 g/mol. The molecule has 1 amide bonds. The van der Waals surface area contributed by atoms with Crippen LogP contribution in [0.5, 0.6) is 0 Å². The van der Waals surface area contributed by atoms with Crippen molar-refractivity contribution < 1.29 is 9.90 Å². The monoisotopic (exact) mass is 258 g/mol. The topological polar surface area (TPSA) is 62.2 Å². The van der Waals surface area contributed by atoms with E-state index < -0.39 is 0 Å². The standard InChI is InChI=1S/C15H18N2O2/c1-10(2)14(9-18)17-15(19)12-5-3-7-13-11(12)6-4-8-16-13/h3-8,10,14,18H,9H2,1-2H3,(H,17,19). The van der Waals surface area contributed by atoms with Gasteiger partial charge in [-0.05, 0) is 24.1 Å². The van der Waals surface area contributed by atoms with Gasteiger partial charge in [0.2, 0.25) is 0 Å². The van der Waals surface area contributed by atoms with Crippen LogP contribution in [0.4, 0.5) is 0 Å². The molecule has 0 bridgehead atoms. The molecule has 0 saturated heterocycles. The molecule has 2 rings (SSSR count). The number of aromatic nitrogens is 1. The van der Waals surface area contributed by atoms with Crippen LogP contribution in [0.15, 0.2) is 36.5 Å². The number of aliphatic hydroxyl groups excluding tert-OH is 1. The lowest BCUT2D eigenvalue weighted by Crippen LogP contribution is -2.41. The fraction of sp³-hybridized carbons (Fsp3) is 0.333. The van der Waals surface area contributed by atoms with E-state index in [0.29, 0.717) is 5.56 Å². The van der Waals surface area contributed by atoms with Crippen molar-refractivity contribution >= 4 is 16.8 Å². The third kappa shape index (κ3) is 2.90. The van der Waals surface area contributed by atoms with Gasteiger partial charge >= 0.3 is 0 Å². The van der Waals surface area contributed by atoms with E-state index in [1.54, 1.807) is 12.3 Å². The molecule has 0 fully saturated rings. The van der Waals surface area contributed by atoms with Crippen molar-refractivity contribution in [1.29, 1.82) is 0 Å². The Balaban J connectivity index is 2.31. The predicted molar refractivity (Wildman–Crippen MR) is 74.9 cm³/mol. The largest absolute Gasteiger partial charge is 0.394 e. The van der Waals surface area contributed by atoms with Crippen LogP contribution >= 0.6 is 0 Å². The molecule has 19 heavy (non-hydrogen) atoms. The van der Waals surface area contributed by atoms with E-state index >= 15 is 0 Å². The molecule has 1 unspecified atom stereocenters. The van der Waals surface area contributed by atoms with Crippen molar-refractivity contribution in [2.45, 2.75) is 19.9 Å². The summed E-state index contributed by atoms with van der Waals surface area (Å²) >= 11 is 0. The first-order valence-electron chi connectivity index (χ1n) is 6.39. The first-order valence-corrected chi connectivity index (χ1v) is 6.39. The molecule has 2 aromatic rings. The van der Waals surface area contributed by atoms with Crippen molar-refractivity contribution in [2.75, 3.05) is 6.61 Å². The third-order valence-electron chi connectivity index (χ3n) is 3.21. The number of carbonyl (C=O) groups is 1. The molecule has 0 radical (unpaired) electrons. The van der Waals surface area contributed by atoms with E-state index in [2.05, 4.69) is 10.3 Å². The van der Waals surface area contributed by atoms with Gasteiger partial charge in [0.15, 0.2) is 0 Å². The third-order valence-corrected chi connectivity index (χ3v) is 3.21. The first kappa shape index (κ1) is 13.5. The minimum absolute atomic E-state index is 0.0631. The van der Waals surface area contributed by atoms with Gasteiger partial charge in [-0.25, -0.2) is 0 Å². The Morgan fingerprint density at radius 2 is 2.11 bits per heavy atom. The van der Waals surface area contributed by atoms with Gasteiger partial charge in [-0.3, -0.25) is 9.78 Å². The molecule has 0 aliphatic heterocycles. The van der Waals surface area contributed by atoms with Gasteiger partial charge in [-0.1, -0.05) is 26.0 Å². The van der Waals surface area contributed by atoms with Gasteiger partial charge < -0.3 is 10.4 Å². The predicted octanol–water partition coefficient (Wildman–Crippen LogP) is 1.98. The molecule has 1 atom stereocenters. The highest BCUT2D eigenvalue weighted by atomic mass is 16.3. The Labute approximate surface area is 112 Å². The molecule has 1 aromatic heterocycles. The van der Waals surface area contributed by atoms with Crippen molar-refractivity contribution in [2.24, 2.45) is 5.92 Å². The Morgan fingerprint density at radius 1 is 1.32 bits per heavy atom. The number of nitrogens with one attached hydrogen (secondary N) is 1. The van der Waals surface area contributed by atoms with E-state index in [4.69, 9.17) is 0 Å². The fourth-order valence-electron chi connectivity index (χ4n) is 1.97. The van der Waals surface area contributed by atoms with Crippen LogP contribution < -0.4 is 5.32 Å². The molecule has 0 spiro atoms. The summed E-state index contributed by atoms with van der Waals surface area (Å²) in [7, 11) is 0. The van der Waals surface area contributed by atoms with Crippen molar-refractivity contribution in [1.82, 2.24) is 10.3 Å². The highest BCUT2D eigenvalue weighted by molar-refractivity contribution is 6.06. The summed E-state index contributed by atoms with van der Waals surface area (Å²) < 4.78 is 0. The van der Waals surface area contributed by atoms with Crippen molar-refractivity contribution in [3.63, 3.8) is 0 Å². The summed E-state index contributed by atoms with van der Waals surface area (Å²) in [6, 6.07) is 8.91. The number of hydrogen-bond acceptors (Lipinski definition) is 3. The molecular formula is C15H18N2O2. The molecule has 2 N–H and O–H groups in total. The molecule has 0 aliphatic rings. The molecule has 1 heterocycles. The van der Waals surface area contributed by atoms with E-state index in [0.717, 1.165) is 10.9 Å². The van der Waals surface area contributed by atoms with Crippen LogP contribution in [0, 0.1) is 5.92 Å². The number of carbonyl (C=O) groups excluding carboxylic acids is 1. The van der Waals surface area contributed by atoms with Crippen LogP contribution in [0.1, 0.15) is 24.2 Å². The Hall–Kier alpha value is -1.94. The van der Waals surface area contributed by atoms with Crippen LogP contribution in [0.25, 0.3) is 10.9 Å². The zero-order valence-electron chi connectivity index (χ0n) is 11.1. The lowest BCUT2D eigenvalue weighted by Gasteiger charge is -2.20. The molecular weight excluding hydrogens is 240 g/mol. The summed E-state index contributed by atoms with van der Waals surface area (Å²) in [6.45, 7) is 3.87. The number of pyridine rings is 1. The number of hydrogen-bond donors (Lipinski definition) is 2. The van der Waals surface area contributed by atoms with Crippen molar-refractivity contribution in [3.8, 4) is 0 Å². The smallest absolute Gasteiger partial charge is 0.252 e. The van der Waals surface area contributed by atoms with E-state index in [-0.39, 0.29) is 24.5 Å². The lowest BCUT2D eigenvalue weighted by atomic mass is 10.0. The van der Waals surface area contributed by atoms with Crippen molar-refractivity contribution in [3.05, 3.63) is 42.1 Å². The van der Waals surface area contributed by atoms with Crippen LogP contribution in [0.2, 0.25) is 0 Å². The minimum atomic E-state index is -0.237. The highest BCUT2D eigenvalue weighted by Crippen LogP contribution is 2.16. The van der Waals surface area contributed by atoms with Gasteiger partial charge in [-0.2, -0.15) is 0 Å². The van der Waals surface area contributed by atoms with E-state index in [1.807, 2.05) is 38.1 Å². The SMILES string of the molecule is CC(C)C(CO)NC(=O)c1cccc2ncccc12. The maximum atomic E-state index is 12.3. The average Bonchev–Trinajstić information content (AvgIpc) is 2.43. The molecule has 100 valence electrons. The van der Waals surface area contributed by atoms with Crippen LogP contribution in [-0.4, -0.2) is 28.6 Å². The minimum Gasteiger partial charge on any atom is -0.394 e. The second kappa shape index (κ2) is 5.80. The quantitative estimate of drug-likeness (QED) is 0.881. The maximum absolute atomic E-state index is 12.3.